The number of carbonyl (C=O) groups excluding carboxylic acids is 2. The van der Waals surface area contributed by atoms with Gasteiger partial charge in [-0.25, -0.2) is 4.79 Å². The molecule has 1 N–H and O–H groups in total. The quantitative estimate of drug-likeness (QED) is 0.536. The molecule has 1 aromatic heterocycles. The summed E-state index contributed by atoms with van der Waals surface area (Å²) in [6, 6.07) is 0.865. The molecule has 0 radical (unpaired) electrons. The van der Waals surface area contributed by atoms with Crippen LogP contribution in [0, 0.1) is 29.1 Å². The van der Waals surface area contributed by atoms with E-state index in [0.29, 0.717) is 23.9 Å². The Kier molecular flexibility index (Phi) is 9.23. The highest BCUT2D eigenvalue weighted by Crippen LogP contribution is 2.36. The number of carbonyl (C=O) groups is 3. The van der Waals surface area contributed by atoms with E-state index >= 15 is 0 Å². The van der Waals surface area contributed by atoms with Crippen LogP contribution in [0.5, 0.6) is 0 Å². The van der Waals surface area contributed by atoms with Gasteiger partial charge in [0, 0.05) is 31.5 Å². The number of rotatable bonds is 6. The molecular weight excluding hydrogens is 476 g/mol. The van der Waals surface area contributed by atoms with Crippen molar-refractivity contribution in [2.24, 2.45) is 17.3 Å². The van der Waals surface area contributed by atoms with Gasteiger partial charge >= 0.3 is 5.97 Å². The highest BCUT2D eigenvalue weighted by Gasteiger charge is 2.38. The Morgan fingerprint density at radius 1 is 1.14 bits per heavy atom. The molecule has 0 bridgehead atoms. The Bertz CT molecular complexity index is 1010. The van der Waals surface area contributed by atoms with Crippen LogP contribution in [0.3, 0.4) is 0 Å². The summed E-state index contributed by atoms with van der Waals surface area (Å²) >= 11 is 1.06. The van der Waals surface area contributed by atoms with Gasteiger partial charge in [0.15, 0.2) is 0 Å². The zero-order chi connectivity index (χ0) is 26.6. The molecular formula is C28H40N2O5S. The van der Waals surface area contributed by atoms with E-state index in [9.17, 15) is 19.5 Å². The van der Waals surface area contributed by atoms with Gasteiger partial charge in [0.1, 0.15) is 10.9 Å². The second kappa shape index (κ2) is 11.8. The molecule has 1 saturated heterocycles. The van der Waals surface area contributed by atoms with Gasteiger partial charge in [-0.2, -0.15) is 0 Å². The van der Waals surface area contributed by atoms with E-state index in [1.807, 2.05) is 20.8 Å². The van der Waals surface area contributed by atoms with E-state index in [4.69, 9.17) is 4.74 Å². The first kappa shape index (κ1) is 28.2. The summed E-state index contributed by atoms with van der Waals surface area (Å²) in [4.78, 5) is 43.7. The molecule has 0 unspecified atom stereocenters. The monoisotopic (exact) mass is 516 g/mol. The molecule has 1 aromatic rings. The lowest BCUT2D eigenvalue weighted by Crippen LogP contribution is -2.53. The van der Waals surface area contributed by atoms with Gasteiger partial charge in [0.2, 0.25) is 11.8 Å². The van der Waals surface area contributed by atoms with Crippen molar-refractivity contribution >= 4 is 34.8 Å². The third kappa shape index (κ3) is 6.89. The molecule has 8 heteroatoms. The fourth-order valence-electron chi connectivity index (χ4n) is 4.93. The van der Waals surface area contributed by atoms with E-state index in [1.54, 1.807) is 25.0 Å². The second-order valence-corrected chi connectivity index (χ2v) is 12.3. The number of piperidine rings is 1. The number of methoxy groups -OCH3 is 1. The number of carboxylic acids is 1. The van der Waals surface area contributed by atoms with Gasteiger partial charge in [0.05, 0.1) is 16.7 Å². The van der Waals surface area contributed by atoms with Crippen LogP contribution in [0.4, 0.5) is 5.69 Å². The van der Waals surface area contributed by atoms with Gasteiger partial charge in [-0.15, -0.1) is 11.3 Å². The molecule has 2 aliphatic rings. The maximum absolute atomic E-state index is 13.9. The van der Waals surface area contributed by atoms with Crippen molar-refractivity contribution in [2.75, 3.05) is 25.1 Å². The SMILES string of the molecule is COC1CCN(C(=O)[C@H](C)N(c2cc(C#CC(C)(C)C)sc2C(=O)O)C(=O)[C@H]2CC[C@H](C)CC2)CC1. The first-order valence-corrected chi connectivity index (χ1v) is 13.8. The van der Waals surface area contributed by atoms with E-state index in [-0.39, 0.29) is 39.8 Å². The number of likely N-dealkylation sites (tertiary alicyclic amines) is 1. The molecule has 0 aromatic carbocycles. The van der Waals surface area contributed by atoms with Crippen molar-refractivity contribution in [1.29, 1.82) is 0 Å². The normalized spacial score (nSPS) is 21.9. The van der Waals surface area contributed by atoms with Crippen LogP contribution in [0.2, 0.25) is 0 Å². The second-order valence-electron chi connectivity index (χ2n) is 11.2. The first-order chi connectivity index (χ1) is 16.9. The van der Waals surface area contributed by atoms with Gasteiger partial charge in [-0.05, 0) is 78.2 Å². The Morgan fingerprint density at radius 2 is 1.75 bits per heavy atom. The Labute approximate surface area is 219 Å². The molecule has 1 aliphatic carbocycles. The smallest absolute Gasteiger partial charge is 0.348 e. The first-order valence-electron chi connectivity index (χ1n) is 13.0. The maximum Gasteiger partial charge on any atom is 0.348 e. The van der Waals surface area contributed by atoms with Crippen molar-refractivity contribution in [3.63, 3.8) is 0 Å². The average molecular weight is 517 g/mol. The number of aromatic carboxylic acids is 1. The van der Waals surface area contributed by atoms with E-state index in [2.05, 4.69) is 18.8 Å². The summed E-state index contributed by atoms with van der Waals surface area (Å²) in [5.41, 5.74) is 0.0290. The highest BCUT2D eigenvalue weighted by molar-refractivity contribution is 7.15. The van der Waals surface area contributed by atoms with Crippen LogP contribution in [0.1, 0.15) is 87.7 Å². The number of nitrogens with zero attached hydrogens (tertiary/aromatic N) is 2. The number of hydrogen-bond donors (Lipinski definition) is 1. The molecule has 3 rings (SSSR count). The molecule has 2 fully saturated rings. The van der Waals surface area contributed by atoms with Crippen molar-refractivity contribution in [3.05, 3.63) is 15.8 Å². The maximum atomic E-state index is 13.9. The number of hydrogen-bond acceptors (Lipinski definition) is 5. The lowest BCUT2D eigenvalue weighted by molar-refractivity contribution is -0.137. The lowest BCUT2D eigenvalue weighted by Gasteiger charge is -2.38. The summed E-state index contributed by atoms with van der Waals surface area (Å²) in [5, 5.41) is 10.0. The molecule has 0 spiro atoms. The molecule has 1 saturated carbocycles. The summed E-state index contributed by atoms with van der Waals surface area (Å²) < 4.78 is 5.44. The van der Waals surface area contributed by atoms with E-state index in [1.165, 1.54) is 4.90 Å². The molecule has 2 amide bonds. The van der Waals surface area contributed by atoms with Gasteiger partial charge in [-0.3, -0.25) is 14.5 Å². The van der Waals surface area contributed by atoms with Gasteiger partial charge < -0.3 is 14.7 Å². The van der Waals surface area contributed by atoms with Crippen LogP contribution in [0.15, 0.2) is 6.07 Å². The fourth-order valence-corrected chi connectivity index (χ4v) is 5.77. The zero-order valence-electron chi connectivity index (χ0n) is 22.4. The molecule has 198 valence electrons. The van der Waals surface area contributed by atoms with Crippen LogP contribution in [-0.2, 0) is 14.3 Å². The molecule has 36 heavy (non-hydrogen) atoms. The number of ether oxygens (including phenoxy) is 1. The largest absolute Gasteiger partial charge is 0.477 e. The third-order valence-corrected chi connectivity index (χ3v) is 8.19. The fraction of sp³-hybridized carbons (Fsp3) is 0.679. The third-order valence-electron chi connectivity index (χ3n) is 7.16. The van der Waals surface area contributed by atoms with Crippen LogP contribution in [0.25, 0.3) is 0 Å². The molecule has 7 nitrogen and oxygen atoms in total. The summed E-state index contributed by atoms with van der Waals surface area (Å²) in [7, 11) is 1.68. The van der Waals surface area contributed by atoms with E-state index in [0.717, 1.165) is 49.9 Å². The van der Waals surface area contributed by atoms with Crippen molar-refractivity contribution < 1.29 is 24.2 Å². The van der Waals surface area contributed by atoms with Crippen molar-refractivity contribution in [1.82, 2.24) is 4.90 Å². The van der Waals surface area contributed by atoms with Gasteiger partial charge in [-0.1, -0.05) is 18.8 Å². The van der Waals surface area contributed by atoms with Gasteiger partial charge in [0.25, 0.3) is 0 Å². The number of anilines is 1. The standard InChI is InChI=1S/C28H40N2O5S/c1-18-7-9-20(10-8-18)26(32)30(19(2)25(31)29-15-12-21(35-6)13-16-29)23-17-22(11-14-28(3,4)5)36-24(23)27(33)34/h17-21H,7-10,12-13,15-16H2,1-6H3,(H,33,34)/t18-,19-,20-/m0/s1. The molecule has 1 aliphatic heterocycles. The zero-order valence-corrected chi connectivity index (χ0v) is 23.2. The van der Waals surface area contributed by atoms with Crippen molar-refractivity contribution in [3.8, 4) is 11.8 Å². The number of thiophene rings is 1. The van der Waals surface area contributed by atoms with Crippen LogP contribution < -0.4 is 4.90 Å². The lowest BCUT2D eigenvalue weighted by atomic mass is 9.82. The average Bonchev–Trinajstić information content (AvgIpc) is 3.26. The highest BCUT2D eigenvalue weighted by atomic mass is 32.1. The minimum absolute atomic E-state index is 0.0449. The molecule has 2 heterocycles. The minimum Gasteiger partial charge on any atom is -0.477 e. The Hall–Kier alpha value is -2.37. The minimum atomic E-state index is -1.12. The van der Waals surface area contributed by atoms with Crippen LogP contribution in [-0.4, -0.2) is 60.1 Å². The van der Waals surface area contributed by atoms with E-state index < -0.39 is 12.0 Å². The summed E-state index contributed by atoms with van der Waals surface area (Å²) in [5.74, 6) is 5.13. The predicted molar refractivity (Wildman–Crippen MR) is 142 cm³/mol. The summed E-state index contributed by atoms with van der Waals surface area (Å²) in [6.45, 7) is 11.0. The topological polar surface area (TPSA) is 87.2 Å². The number of carboxylic acid groups (broad SMARTS) is 1. The summed E-state index contributed by atoms with van der Waals surface area (Å²) in [6.07, 6.45) is 5.03. The Morgan fingerprint density at radius 3 is 2.28 bits per heavy atom. The Balaban J connectivity index is 1.99. The predicted octanol–water partition coefficient (Wildman–Crippen LogP) is 5.03. The van der Waals surface area contributed by atoms with Crippen molar-refractivity contribution in [2.45, 2.75) is 85.3 Å². The molecule has 1 atom stereocenters. The number of amides is 2. The van der Waals surface area contributed by atoms with Crippen LogP contribution >= 0.6 is 11.3 Å².